The third-order valence-electron chi connectivity index (χ3n) is 4.35. The maximum atomic E-state index is 13.7. The van der Waals surface area contributed by atoms with Gasteiger partial charge < -0.3 is 4.90 Å². The van der Waals surface area contributed by atoms with Gasteiger partial charge in [0.1, 0.15) is 5.82 Å². The molecule has 1 aromatic rings. The molecular formula is C15H17BrFNO. The highest BCUT2D eigenvalue weighted by Crippen LogP contribution is 2.37. The number of amides is 1. The summed E-state index contributed by atoms with van der Waals surface area (Å²) >= 11 is 3.24. The van der Waals surface area contributed by atoms with Crippen LogP contribution in [0.5, 0.6) is 0 Å². The Morgan fingerprint density at radius 2 is 2.26 bits per heavy atom. The van der Waals surface area contributed by atoms with E-state index >= 15 is 0 Å². The van der Waals surface area contributed by atoms with Gasteiger partial charge in [-0.2, -0.15) is 0 Å². The highest BCUT2D eigenvalue weighted by molar-refractivity contribution is 9.10. The summed E-state index contributed by atoms with van der Waals surface area (Å²) in [5.74, 6) is 0.679. The Morgan fingerprint density at radius 3 is 2.89 bits per heavy atom. The second-order valence-electron chi connectivity index (χ2n) is 5.61. The molecule has 3 rings (SSSR count). The fraction of sp³-hybridized carbons (Fsp3) is 0.533. The number of nitrogens with zero attached hydrogens (tertiary/aromatic N) is 1. The Bertz CT molecular complexity index is 505. The van der Waals surface area contributed by atoms with Gasteiger partial charge in [-0.1, -0.05) is 22.0 Å². The van der Waals surface area contributed by atoms with E-state index in [1.165, 1.54) is 18.9 Å². The molecule has 4 heteroatoms. The number of piperidine rings is 1. The van der Waals surface area contributed by atoms with E-state index in [0.29, 0.717) is 24.4 Å². The number of fused-ring (bicyclic) bond motifs is 2. The number of hydrogen-bond donors (Lipinski definition) is 0. The van der Waals surface area contributed by atoms with Crippen LogP contribution in [0.1, 0.15) is 31.2 Å². The van der Waals surface area contributed by atoms with E-state index in [0.717, 1.165) is 23.4 Å². The van der Waals surface area contributed by atoms with Crippen molar-refractivity contribution in [2.45, 2.75) is 38.1 Å². The SMILES string of the molecule is O=C(CCc1ccc(Br)cc1F)N1C[C@H]2CC[C@H]1C2. The molecule has 1 aromatic carbocycles. The Hall–Kier alpha value is -0.900. The van der Waals surface area contributed by atoms with Crippen molar-refractivity contribution in [2.24, 2.45) is 5.92 Å². The van der Waals surface area contributed by atoms with E-state index in [-0.39, 0.29) is 11.7 Å². The van der Waals surface area contributed by atoms with Crippen molar-refractivity contribution in [3.63, 3.8) is 0 Å². The molecule has 102 valence electrons. The standard InChI is InChI=1S/C15H17BrFNO/c16-12-4-2-11(14(17)8-12)3-6-15(19)18-9-10-1-5-13(18)7-10/h2,4,8,10,13H,1,3,5-7,9H2/t10-,13-/m0/s1. The molecule has 1 amide bonds. The monoisotopic (exact) mass is 325 g/mol. The quantitative estimate of drug-likeness (QED) is 0.832. The van der Waals surface area contributed by atoms with Crippen LogP contribution in [0.2, 0.25) is 0 Å². The van der Waals surface area contributed by atoms with Gasteiger partial charge in [-0.15, -0.1) is 0 Å². The zero-order chi connectivity index (χ0) is 13.4. The molecule has 2 fully saturated rings. The van der Waals surface area contributed by atoms with Crippen molar-refractivity contribution in [3.8, 4) is 0 Å². The van der Waals surface area contributed by atoms with Crippen LogP contribution in [0, 0.1) is 11.7 Å². The number of halogens is 2. The van der Waals surface area contributed by atoms with E-state index in [1.807, 2.05) is 11.0 Å². The highest BCUT2D eigenvalue weighted by Gasteiger charge is 2.39. The number of rotatable bonds is 3. The summed E-state index contributed by atoms with van der Waals surface area (Å²) in [6.07, 6.45) is 4.52. The van der Waals surface area contributed by atoms with Crippen molar-refractivity contribution in [1.82, 2.24) is 4.90 Å². The minimum absolute atomic E-state index is 0.189. The third-order valence-corrected chi connectivity index (χ3v) is 4.85. The van der Waals surface area contributed by atoms with Crippen molar-refractivity contribution in [1.29, 1.82) is 0 Å². The lowest BCUT2D eigenvalue weighted by Gasteiger charge is -2.27. The molecule has 1 saturated carbocycles. The van der Waals surface area contributed by atoms with E-state index in [2.05, 4.69) is 15.9 Å². The minimum Gasteiger partial charge on any atom is -0.339 e. The summed E-state index contributed by atoms with van der Waals surface area (Å²) in [5.41, 5.74) is 0.626. The van der Waals surface area contributed by atoms with Crippen LogP contribution in [0.4, 0.5) is 4.39 Å². The van der Waals surface area contributed by atoms with Crippen molar-refractivity contribution < 1.29 is 9.18 Å². The molecule has 19 heavy (non-hydrogen) atoms. The molecule has 0 unspecified atom stereocenters. The second kappa shape index (κ2) is 5.23. The lowest BCUT2D eigenvalue weighted by Crippen LogP contribution is -2.37. The van der Waals surface area contributed by atoms with Crippen LogP contribution in [0.3, 0.4) is 0 Å². The Kier molecular flexibility index (Phi) is 3.61. The van der Waals surface area contributed by atoms with Gasteiger partial charge in [-0.05, 0) is 49.3 Å². The molecule has 0 aromatic heterocycles. The molecule has 2 aliphatic rings. The molecule has 1 heterocycles. The van der Waals surface area contributed by atoms with Gasteiger partial charge in [-0.25, -0.2) is 4.39 Å². The van der Waals surface area contributed by atoms with E-state index < -0.39 is 0 Å². The van der Waals surface area contributed by atoms with Crippen molar-refractivity contribution in [3.05, 3.63) is 34.1 Å². The zero-order valence-electron chi connectivity index (χ0n) is 10.7. The van der Waals surface area contributed by atoms with Crippen LogP contribution in [0.15, 0.2) is 22.7 Å². The summed E-state index contributed by atoms with van der Waals surface area (Å²) < 4.78 is 14.4. The molecular weight excluding hydrogens is 309 g/mol. The molecule has 1 aliphatic heterocycles. The van der Waals surface area contributed by atoms with Gasteiger partial charge in [0.2, 0.25) is 5.91 Å². The Balaban J connectivity index is 1.58. The molecule has 2 bridgehead atoms. The normalized spacial score (nSPS) is 25.1. The lowest BCUT2D eigenvalue weighted by molar-refractivity contribution is -0.132. The fourth-order valence-corrected chi connectivity index (χ4v) is 3.67. The molecule has 1 saturated heterocycles. The lowest BCUT2D eigenvalue weighted by atomic mass is 10.1. The number of likely N-dealkylation sites (tertiary alicyclic amines) is 1. The summed E-state index contributed by atoms with van der Waals surface area (Å²) in [7, 11) is 0. The van der Waals surface area contributed by atoms with Gasteiger partial charge in [0, 0.05) is 23.5 Å². The number of carbonyl (C=O) groups excluding carboxylic acids is 1. The smallest absolute Gasteiger partial charge is 0.223 e. The summed E-state index contributed by atoms with van der Waals surface area (Å²) in [5, 5.41) is 0. The first-order valence-electron chi connectivity index (χ1n) is 6.87. The van der Waals surface area contributed by atoms with Crippen molar-refractivity contribution >= 4 is 21.8 Å². The molecule has 0 radical (unpaired) electrons. The number of aryl methyl sites for hydroxylation is 1. The van der Waals surface area contributed by atoms with Crippen molar-refractivity contribution in [2.75, 3.05) is 6.54 Å². The fourth-order valence-electron chi connectivity index (χ4n) is 3.34. The van der Waals surface area contributed by atoms with Gasteiger partial charge in [0.25, 0.3) is 0 Å². The Labute approximate surface area is 121 Å². The average Bonchev–Trinajstić information content (AvgIpc) is 2.99. The number of benzene rings is 1. The predicted octanol–water partition coefficient (Wildman–Crippen LogP) is 3.53. The average molecular weight is 326 g/mol. The maximum Gasteiger partial charge on any atom is 0.223 e. The minimum atomic E-state index is -0.231. The van der Waals surface area contributed by atoms with Gasteiger partial charge in [-0.3, -0.25) is 4.79 Å². The summed E-state index contributed by atoms with van der Waals surface area (Å²) in [6.45, 7) is 0.923. The van der Waals surface area contributed by atoms with E-state index in [4.69, 9.17) is 0 Å². The summed E-state index contributed by atoms with van der Waals surface area (Å²) in [4.78, 5) is 14.2. The van der Waals surface area contributed by atoms with Crippen LogP contribution < -0.4 is 0 Å². The Morgan fingerprint density at radius 1 is 1.42 bits per heavy atom. The maximum absolute atomic E-state index is 13.7. The van der Waals surface area contributed by atoms with E-state index in [1.54, 1.807) is 6.07 Å². The van der Waals surface area contributed by atoms with E-state index in [9.17, 15) is 9.18 Å². The number of carbonyl (C=O) groups is 1. The second-order valence-corrected chi connectivity index (χ2v) is 6.53. The topological polar surface area (TPSA) is 20.3 Å². The highest BCUT2D eigenvalue weighted by atomic mass is 79.9. The molecule has 0 N–H and O–H groups in total. The molecule has 1 aliphatic carbocycles. The van der Waals surface area contributed by atoms with Crippen LogP contribution in [-0.4, -0.2) is 23.4 Å². The first kappa shape index (κ1) is 13.1. The van der Waals surface area contributed by atoms with Crippen LogP contribution in [0.25, 0.3) is 0 Å². The predicted molar refractivity (Wildman–Crippen MR) is 75.3 cm³/mol. The number of hydrogen-bond acceptors (Lipinski definition) is 1. The van der Waals surface area contributed by atoms with Gasteiger partial charge in [0.15, 0.2) is 0 Å². The molecule has 0 spiro atoms. The van der Waals surface area contributed by atoms with Crippen LogP contribution >= 0.6 is 15.9 Å². The largest absolute Gasteiger partial charge is 0.339 e. The van der Waals surface area contributed by atoms with Crippen LogP contribution in [-0.2, 0) is 11.2 Å². The first-order valence-corrected chi connectivity index (χ1v) is 7.66. The third kappa shape index (κ3) is 2.69. The molecule has 2 nitrogen and oxygen atoms in total. The molecule has 2 atom stereocenters. The van der Waals surface area contributed by atoms with Gasteiger partial charge in [0.05, 0.1) is 0 Å². The van der Waals surface area contributed by atoms with Gasteiger partial charge >= 0.3 is 0 Å². The zero-order valence-corrected chi connectivity index (χ0v) is 12.3. The summed E-state index contributed by atoms with van der Waals surface area (Å²) in [6, 6.07) is 5.49. The first-order chi connectivity index (χ1) is 9.13.